The highest BCUT2D eigenvalue weighted by molar-refractivity contribution is 8.18. The maximum Gasteiger partial charge on any atom is 0.343 e. The van der Waals surface area contributed by atoms with Crippen LogP contribution in [0.15, 0.2) is 68.7 Å². The molecule has 2 aromatic carbocycles. The first-order valence-electron chi connectivity index (χ1n) is 8.04. The molecule has 0 atom stereocenters. The molecule has 0 N–H and O–H groups in total. The highest BCUT2D eigenvalue weighted by Gasteiger charge is 2.35. The number of hydrogen-bond acceptors (Lipinski definition) is 5. The van der Waals surface area contributed by atoms with E-state index in [1.54, 1.807) is 24.3 Å². The molecule has 7 heteroatoms. The molecule has 1 aliphatic rings. The number of carbonyl (C=O) groups excluding carboxylic acids is 2. The van der Waals surface area contributed by atoms with Crippen molar-refractivity contribution in [1.29, 1.82) is 0 Å². The molecule has 1 aliphatic heterocycles. The van der Waals surface area contributed by atoms with E-state index in [4.69, 9.17) is 4.42 Å². The van der Waals surface area contributed by atoms with Crippen molar-refractivity contribution in [2.45, 2.75) is 6.54 Å². The Labute approximate surface area is 157 Å². The maximum absolute atomic E-state index is 13.0. The number of fused-ring (bicyclic) bond motifs is 1. The van der Waals surface area contributed by atoms with Gasteiger partial charge >= 0.3 is 5.63 Å². The van der Waals surface area contributed by atoms with Gasteiger partial charge in [-0.1, -0.05) is 30.3 Å². The standard InChI is InChI=1S/C20H12FNO4S/c21-15-7-5-12(6-8-15)11-22-18(23)17(27-20(22)25)10-14-9-13-3-1-2-4-16(13)26-19(14)24/h1-10H,11H2/b17-10+. The van der Waals surface area contributed by atoms with Crippen LogP contribution in [-0.2, 0) is 11.3 Å². The summed E-state index contributed by atoms with van der Waals surface area (Å²) >= 11 is 0.757. The Balaban J connectivity index is 1.64. The quantitative estimate of drug-likeness (QED) is 0.503. The molecule has 27 heavy (non-hydrogen) atoms. The summed E-state index contributed by atoms with van der Waals surface area (Å²) < 4.78 is 18.3. The SMILES string of the molecule is O=C1S/C(=C/c2cc3ccccc3oc2=O)C(=O)N1Cc1ccc(F)cc1. The highest BCUT2D eigenvalue weighted by Crippen LogP contribution is 2.33. The Morgan fingerprint density at radius 1 is 1.04 bits per heavy atom. The molecular weight excluding hydrogens is 369 g/mol. The second kappa shape index (κ2) is 6.85. The van der Waals surface area contributed by atoms with Crippen molar-refractivity contribution >= 4 is 40.0 Å². The molecule has 1 saturated heterocycles. The number of carbonyl (C=O) groups is 2. The lowest BCUT2D eigenvalue weighted by atomic mass is 10.1. The number of hydrogen-bond donors (Lipinski definition) is 0. The van der Waals surface area contributed by atoms with Crippen LogP contribution in [0.25, 0.3) is 17.0 Å². The zero-order valence-electron chi connectivity index (χ0n) is 13.8. The van der Waals surface area contributed by atoms with Gasteiger partial charge in [-0.25, -0.2) is 9.18 Å². The van der Waals surface area contributed by atoms with Gasteiger partial charge in [-0.3, -0.25) is 14.5 Å². The molecule has 0 aliphatic carbocycles. The van der Waals surface area contributed by atoms with E-state index in [1.807, 2.05) is 6.07 Å². The molecule has 0 bridgehead atoms. The summed E-state index contributed by atoms with van der Waals surface area (Å²) in [4.78, 5) is 38.1. The van der Waals surface area contributed by atoms with Crippen LogP contribution in [0.2, 0.25) is 0 Å². The summed E-state index contributed by atoms with van der Waals surface area (Å²) in [6, 6.07) is 14.2. The Hall–Kier alpha value is -3.19. The molecule has 2 heterocycles. The molecule has 0 unspecified atom stereocenters. The average molecular weight is 381 g/mol. The highest BCUT2D eigenvalue weighted by atomic mass is 32.2. The van der Waals surface area contributed by atoms with Crippen LogP contribution in [0.5, 0.6) is 0 Å². The number of amides is 2. The van der Waals surface area contributed by atoms with E-state index in [9.17, 15) is 18.8 Å². The van der Waals surface area contributed by atoms with Gasteiger partial charge in [0, 0.05) is 5.39 Å². The van der Waals surface area contributed by atoms with Gasteiger partial charge in [-0.05, 0) is 47.7 Å². The summed E-state index contributed by atoms with van der Waals surface area (Å²) in [5, 5.41) is 0.273. The molecule has 1 aromatic heterocycles. The minimum absolute atomic E-state index is 0.0363. The normalized spacial score (nSPS) is 15.9. The minimum Gasteiger partial charge on any atom is -0.422 e. The lowest BCUT2D eigenvalue weighted by molar-refractivity contribution is -0.123. The Morgan fingerprint density at radius 2 is 1.78 bits per heavy atom. The van der Waals surface area contributed by atoms with E-state index in [0.717, 1.165) is 16.7 Å². The van der Waals surface area contributed by atoms with Gasteiger partial charge in [-0.15, -0.1) is 0 Å². The second-order valence-corrected chi connectivity index (χ2v) is 6.91. The number of rotatable bonds is 3. The molecule has 4 rings (SSSR count). The van der Waals surface area contributed by atoms with E-state index in [1.165, 1.54) is 30.3 Å². The van der Waals surface area contributed by atoms with Crippen LogP contribution in [-0.4, -0.2) is 16.0 Å². The first kappa shape index (κ1) is 17.2. The van der Waals surface area contributed by atoms with Gasteiger partial charge < -0.3 is 4.42 Å². The van der Waals surface area contributed by atoms with Crippen molar-refractivity contribution in [1.82, 2.24) is 4.90 Å². The summed E-state index contributed by atoms with van der Waals surface area (Å²) in [5.41, 5.74) is 0.689. The molecule has 1 fully saturated rings. The topological polar surface area (TPSA) is 67.6 Å². The maximum atomic E-state index is 13.0. The van der Waals surface area contributed by atoms with Gasteiger partial charge in [0.15, 0.2) is 0 Å². The molecular formula is C20H12FNO4S. The zero-order valence-corrected chi connectivity index (χ0v) is 14.7. The summed E-state index contributed by atoms with van der Waals surface area (Å²) in [5.74, 6) is -0.891. The first-order chi connectivity index (χ1) is 13.0. The molecule has 0 saturated carbocycles. The predicted octanol–water partition coefficient (Wildman–Crippen LogP) is 4.17. The third kappa shape index (κ3) is 3.41. The van der Waals surface area contributed by atoms with Gasteiger partial charge in [0.25, 0.3) is 11.1 Å². The fraction of sp³-hybridized carbons (Fsp3) is 0.0500. The molecule has 2 amide bonds. The fourth-order valence-corrected chi connectivity index (χ4v) is 3.56. The summed E-state index contributed by atoms with van der Waals surface area (Å²) in [6.45, 7) is 0.0363. The van der Waals surface area contributed by atoms with Crippen molar-refractivity contribution < 1.29 is 18.4 Å². The van der Waals surface area contributed by atoms with Crippen LogP contribution < -0.4 is 5.63 Å². The fourth-order valence-electron chi connectivity index (χ4n) is 2.73. The monoisotopic (exact) mass is 381 g/mol. The summed E-state index contributed by atoms with van der Waals surface area (Å²) in [7, 11) is 0. The number of halogens is 1. The third-order valence-corrected chi connectivity index (χ3v) is 4.99. The van der Waals surface area contributed by atoms with Gasteiger partial charge in [-0.2, -0.15) is 0 Å². The van der Waals surface area contributed by atoms with E-state index in [-0.39, 0.29) is 17.0 Å². The predicted molar refractivity (Wildman–Crippen MR) is 100 cm³/mol. The van der Waals surface area contributed by atoms with Gasteiger partial charge in [0.05, 0.1) is 17.0 Å². The average Bonchev–Trinajstić information content (AvgIpc) is 2.91. The molecule has 134 valence electrons. The van der Waals surface area contributed by atoms with E-state index >= 15 is 0 Å². The number of para-hydroxylation sites is 1. The molecule has 5 nitrogen and oxygen atoms in total. The smallest absolute Gasteiger partial charge is 0.343 e. The lowest BCUT2D eigenvalue weighted by Crippen LogP contribution is -2.27. The zero-order chi connectivity index (χ0) is 19.0. The summed E-state index contributed by atoms with van der Waals surface area (Å²) in [6.07, 6.45) is 1.37. The first-order valence-corrected chi connectivity index (χ1v) is 8.85. The van der Waals surface area contributed by atoms with Crippen LogP contribution in [0.4, 0.5) is 9.18 Å². The Kier molecular flexibility index (Phi) is 4.37. The second-order valence-electron chi connectivity index (χ2n) is 5.92. The Bertz CT molecular complexity index is 1150. The number of imide groups is 1. The van der Waals surface area contributed by atoms with Gasteiger partial charge in [0.2, 0.25) is 0 Å². The molecule has 0 radical (unpaired) electrons. The van der Waals surface area contributed by atoms with Crippen molar-refractivity contribution in [3.8, 4) is 0 Å². The number of nitrogens with zero attached hydrogens (tertiary/aromatic N) is 1. The number of thioether (sulfide) groups is 1. The third-order valence-electron chi connectivity index (χ3n) is 4.08. The lowest BCUT2D eigenvalue weighted by Gasteiger charge is -2.12. The number of benzene rings is 2. The Morgan fingerprint density at radius 3 is 2.56 bits per heavy atom. The van der Waals surface area contributed by atoms with Crippen molar-refractivity contribution in [3.05, 3.63) is 86.9 Å². The van der Waals surface area contributed by atoms with E-state index in [2.05, 4.69) is 0 Å². The van der Waals surface area contributed by atoms with E-state index < -0.39 is 22.6 Å². The van der Waals surface area contributed by atoms with Crippen LogP contribution in [0.1, 0.15) is 11.1 Å². The largest absolute Gasteiger partial charge is 0.422 e. The van der Waals surface area contributed by atoms with Crippen LogP contribution in [0.3, 0.4) is 0 Å². The minimum atomic E-state index is -0.584. The van der Waals surface area contributed by atoms with Crippen molar-refractivity contribution in [2.75, 3.05) is 0 Å². The molecule has 3 aromatic rings. The van der Waals surface area contributed by atoms with Crippen molar-refractivity contribution in [3.63, 3.8) is 0 Å². The van der Waals surface area contributed by atoms with Crippen LogP contribution in [0, 0.1) is 5.82 Å². The van der Waals surface area contributed by atoms with Crippen LogP contribution >= 0.6 is 11.8 Å². The van der Waals surface area contributed by atoms with Crippen molar-refractivity contribution in [2.24, 2.45) is 0 Å². The van der Waals surface area contributed by atoms with E-state index in [0.29, 0.717) is 16.5 Å². The van der Waals surface area contributed by atoms with Gasteiger partial charge in [0.1, 0.15) is 11.4 Å². The molecule has 0 spiro atoms.